The Bertz CT molecular complexity index is 1080. The molecule has 5 nitrogen and oxygen atoms in total. The topological polar surface area (TPSA) is 63.9 Å². The third-order valence-electron chi connectivity index (χ3n) is 4.71. The average molecular weight is 394 g/mol. The molecule has 0 bridgehead atoms. The highest BCUT2D eigenvalue weighted by Gasteiger charge is 2.12. The van der Waals surface area contributed by atoms with Crippen LogP contribution in [0.2, 0.25) is 5.02 Å². The standard InChI is InChI=1S/C22H20ClN3O2/c1-13-20(15(3)28-26-13)12-27-19-10-6-17(7-11-19)22-24-14(2)21(25-22)16-4-8-18(23)9-5-16/h4-11H,12H2,1-3H3,(H,24,25). The van der Waals surface area contributed by atoms with Gasteiger partial charge in [-0.1, -0.05) is 28.9 Å². The molecule has 6 heteroatoms. The Hall–Kier alpha value is -3.05. The van der Waals surface area contributed by atoms with Crippen LogP contribution in [0.4, 0.5) is 0 Å². The fourth-order valence-corrected chi connectivity index (χ4v) is 3.19. The second-order valence-electron chi connectivity index (χ2n) is 6.67. The van der Waals surface area contributed by atoms with Gasteiger partial charge in [0.1, 0.15) is 23.9 Å². The van der Waals surface area contributed by atoms with Crippen LogP contribution in [0.3, 0.4) is 0 Å². The van der Waals surface area contributed by atoms with E-state index in [9.17, 15) is 0 Å². The maximum atomic E-state index is 5.98. The molecule has 0 unspecified atom stereocenters. The summed E-state index contributed by atoms with van der Waals surface area (Å²) in [6, 6.07) is 15.6. The van der Waals surface area contributed by atoms with Crippen molar-refractivity contribution in [3.05, 3.63) is 76.3 Å². The number of hydrogen-bond acceptors (Lipinski definition) is 4. The highest BCUT2D eigenvalue weighted by molar-refractivity contribution is 6.30. The van der Waals surface area contributed by atoms with Gasteiger partial charge in [-0.15, -0.1) is 0 Å². The summed E-state index contributed by atoms with van der Waals surface area (Å²) in [6.07, 6.45) is 0. The molecule has 0 aliphatic rings. The minimum atomic E-state index is 0.432. The van der Waals surface area contributed by atoms with Crippen molar-refractivity contribution in [3.63, 3.8) is 0 Å². The number of nitrogens with one attached hydrogen (secondary N) is 1. The fourth-order valence-electron chi connectivity index (χ4n) is 3.07. The van der Waals surface area contributed by atoms with Crippen molar-refractivity contribution in [2.24, 2.45) is 0 Å². The number of H-pyrrole nitrogens is 1. The lowest BCUT2D eigenvalue weighted by Gasteiger charge is -2.06. The molecule has 0 radical (unpaired) electrons. The van der Waals surface area contributed by atoms with E-state index in [1.807, 2.05) is 69.3 Å². The van der Waals surface area contributed by atoms with Crippen LogP contribution in [0, 0.1) is 20.8 Å². The van der Waals surface area contributed by atoms with Gasteiger partial charge in [0.05, 0.1) is 22.6 Å². The van der Waals surface area contributed by atoms with Crippen LogP contribution in [-0.4, -0.2) is 15.1 Å². The van der Waals surface area contributed by atoms with Gasteiger partial charge in [0.25, 0.3) is 0 Å². The van der Waals surface area contributed by atoms with E-state index < -0.39 is 0 Å². The summed E-state index contributed by atoms with van der Waals surface area (Å²) >= 11 is 5.98. The maximum absolute atomic E-state index is 5.98. The number of halogens is 1. The summed E-state index contributed by atoms with van der Waals surface area (Å²) in [7, 11) is 0. The van der Waals surface area contributed by atoms with Gasteiger partial charge in [0.2, 0.25) is 0 Å². The summed E-state index contributed by atoms with van der Waals surface area (Å²) in [5, 5.41) is 4.66. The van der Waals surface area contributed by atoms with Crippen molar-refractivity contribution in [2.75, 3.05) is 0 Å². The van der Waals surface area contributed by atoms with E-state index in [-0.39, 0.29) is 0 Å². The molecule has 2 heterocycles. The van der Waals surface area contributed by atoms with Gasteiger partial charge in [-0.05, 0) is 62.7 Å². The van der Waals surface area contributed by atoms with Crippen molar-refractivity contribution in [3.8, 4) is 28.4 Å². The molecule has 0 spiro atoms. The Balaban J connectivity index is 1.51. The Kier molecular flexibility index (Phi) is 4.92. The van der Waals surface area contributed by atoms with Gasteiger partial charge in [-0.2, -0.15) is 0 Å². The summed E-state index contributed by atoms with van der Waals surface area (Å²) in [5.74, 6) is 2.39. The van der Waals surface area contributed by atoms with Gasteiger partial charge >= 0.3 is 0 Å². The summed E-state index contributed by atoms with van der Waals surface area (Å²) < 4.78 is 11.0. The zero-order valence-electron chi connectivity index (χ0n) is 15.9. The lowest BCUT2D eigenvalue weighted by molar-refractivity contribution is 0.302. The molecule has 0 saturated heterocycles. The fraction of sp³-hybridized carbons (Fsp3) is 0.182. The molecule has 142 valence electrons. The number of hydrogen-bond donors (Lipinski definition) is 1. The van der Waals surface area contributed by atoms with Gasteiger partial charge in [-0.3, -0.25) is 0 Å². The molecule has 2 aromatic heterocycles. The van der Waals surface area contributed by atoms with Gasteiger partial charge < -0.3 is 14.2 Å². The van der Waals surface area contributed by atoms with E-state index in [0.29, 0.717) is 11.6 Å². The molecule has 0 saturated carbocycles. The molecule has 0 fully saturated rings. The lowest BCUT2D eigenvalue weighted by Crippen LogP contribution is -1.97. The Morgan fingerprint density at radius 3 is 2.25 bits per heavy atom. The van der Waals surface area contributed by atoms with E-state index in [2.05, 4.69) is 15.1 Å². The third-order valence-corrected chi connectivity index (χ3v) is 4.96. The van der Waals surface area contributed by atoms with E-state index in [4.69, 9.17) is 20.9 Å². The van der Waals surface area contributed by atoms with Crippen molar-refractivity contribution in [2.45, 2.75) is 27.4 Å². The molecule has 4 aromatic rings. The first-order valence-electron chi connectivity index (χ1n) is 8.99. The lowest BCUT2D eigenvalue weighted by atomic mass is 10.1. The molecule has 0 atom stereocenters. The van der Waals surface area contributed by atoms with Crippen LogP contribution in [0.5, 0.6) is 5.75 Å². The minimum absolute atomic E-state index is 0.432. The number of aromatic nitrogens is 3. The number of ether oxygens (including phenoxy) is 1. The second kappa shape index (κ2) is 7.52. The molecule has 1 N–H and O–H groups in total. The quantitative estimate of drug-likeness (QED) is 0.459. The van der Waals surface area contributed by atoms with E-state index in [1.54, 1.807) is 0 Å². The molecular weight excluding hydrogens is 374 g/mol. The van der Waals surface area contributed by atoms with Crippen LogP contribution >= 0.6 is 11.6 Å². The highest BCUT2D eigenvalue weighted by Crippen LogP contribution is 2.28. The first kappa shape index (κ1) is 18.3. The van der Waals surface area contributed by atoms with Crippen molar-refractivity contribution in [1.82, 2.24) is 15.1 Å². The molecule has 4 rings (SSSR count). The first-order valence-corrected chi connectivity index (χ1v) is 9.36. The van der Waals surface area contributed by atoms with E-state index in [1.165, 1.54) is 0 Å². The molecule has 0 amide bonds. The summed E-state index contributed by atoms with van der Waals surface area (Å²) in [4.78, 5) is 8.08. The summed E-state index contributed by atoms with van der Waals surface area (Å²) in [6.45, 7) is 6.22. The van der Waals surface area contributed by atoms with E-state index in [0.717, 1.165) is 51.1 Å². The maximum Gasteiger partial charge on any atom is 0.140 e. The number of nitrogens with zero attached hydrogens (tertiary/aromatic N) is 2. The van der Waals surface area contributed by atoms with Crippen LogP contribution in [-0.2, 0) is 6.61 Å². The predicted octanol–water partition coefficient (Wildman–Crippen LogP) is 5.89. The Morgan fingerprint density at radius 1 is 0.929 bits per heavy atom. The largest absolute Gasteiger partial charge is 0.489 e. The van der Waals surface area contributed by atoms with Crippen LogP contribution < -0.4 is 4.74 Å². The molecule has 2 aromatic carbocycles. The smallest absolute Gasteiger partial charge is 0.140 e. The van der Waals surface area contributed by atoms with Gasteiger partial charge in [0.15, 0.2) is 0 Å². The number of aryl methyl sites for hydroxylation is 3. The van der Waals surface area contributed by atoms with Crippen LogP contribution in [0.25, 0.3) is 22.6 Å². The molecular formula is C22H20ClN3O2. The second-order valence-corrected chi connectivity index (χ2v) is 7.10. The minimum Gasteiger partial charge on any atom is -0.489 e. The Labute approximate surface area is 168 Å². The monoisotopic (exact) mass is 393 g/mol. The van der Waals surface area contributed by atoms with Gasteiger partial charge in [0, 0.05) is 10.6 Å². The molecule has 28 heavy (non-hydrogen) atoms. The number of benzene rings is 2. The predicted molar refractivity (Wildman–Crippen MR) is 110 cm³/mol. The zero-order chi connectivity index (χ0) is 19.7. The Morgan fingerprint density at radius 2 is 1.61 bits per heavy atom. The van der Waals surface area contributed by atoms with Crippen molar-refractivity contribution < 1.29 is 9.26 Å². The SMILES string of the molecule is Cc1nc(-c2ccc(OCc3c(C)noc3C)cc2)[nH]c1-c1ccc(Cl)cc1. The zero-order valence-corrected chi connectivity index (χ0v) is 16.7. The number of imidazole rings is 1. The third kappa shape index (κ3) is 3.66. The average Bonchev–Trinajstić information content (AvgIpc) is 3.23. The number of aromatic amines is 1. The van der Waals surface area contributed by atoms with Crippen LogP contribution in [0.15, 0.2) is 53.1 Å². The highest BCUT2D eigenvalue weighted by atomic mass is 35.5. The van der Waals surface area contributed by atoms with Crippen molar-refractivity contribution >= 4 is 11.6 Å². The van der Waals surface area contributed by atoms with Crippen LogP contribution in [0.1, 0.15) is 22.7 Å². The molecule has 0 aliphatic carbocycles. The van der Waals surface area contributed by atoms with Crippen molar-refractivity contribution in [1.29, 1.82) is 0 Å². The molecule has 0 aliphatic heterocycles. The van der Waals surface area contributed by atoms with E-state index >= 15 is 0 Å². The number of rotatable bonds is 5. The summed E-state index contributed by atoms with van der Waals surface area (Å²) in [5.41, 5.74) is 5.82. The first-order chi connectivity index (χ1) is 13.5. The van der Waals surface area contributed by atoms with Gasteiger partial charge in [-0.25, -0.2) is 4.98 Å². The normalized spacial score (nSPS) is 11.0.